The Morgan fingerprint density at radius 2 is 1.67 bits per heavy atom. The third kappa shape index (κ3) is 5.58. The molecule has 1 nitrogen and oxygen atoms in total. The smallest absolute Gasteiger partial charge is 0.126 e. The van der Waals surface area contributed by atoms with Crippen molar-refractivity contribution in [2.75, 3.05) is 6.54 Å². The number of halogens is 2. The van der Waals surface area contributed by atoms with Crippen LogP contribution >= 0.6 is 0 Å². The maximum Gasteiger partial charge on any atom is 0.126 e. The van der Waals surface area contributed by atoms with Crippen LogP contribution in [0.5, 0.6) is 0 Å². The van der Waals surface area contributed by atoms with E-state index in [-0.39, 0.29) is 5.54 Å². The highest BCUT2D eigenvalue weighted by molar-refractivity contribution is 5.18. The van der Waals surface area contributed by atoms with Crippen LogP contribution in [0.2, 0.25) is 0 Å². The van der Waals surface area contributed by atoms with Crippen LogP contribution < -0.4 is 5.32 Å². The monoisotopic (exact) mass is 255 g/mol. The van der Waals surface area contributed by atoms with E-state index in [1.165, 1.54) is 12.1 Å². The number of hydrogen-bond acceptors (Lipinski definition) is 1. The first-order valence-corrected chi connectivity index (χ1v) is 6.50. The Bertz CT molecular complexity index is 362. The molecule has 18 heavy (non-hydrogen) atoms. The number of benzene rings is 1. The summed E-state index contributed by atoms with van der Waals surface area (Å²) in [4.78, 5) is 0. The normalized spacial score (nSPS) is 13.7. The molecule has 3 heteroatoms. The third-order valence-corrected chi connectivity index (χ3v) is 2.95. The number of hydrogen-bond donors (Lipinski definition) is 1. The van der Waals surface area contributed by atoms with Crippen LogP contribution in [-0.2, 0) is 6.42 Å². The first-order chi connectivity index (χ1) is 8.30. The van der Waals surface area contributed by atoms with Gasteiger partial charge in [0.15, 0.2) is 0 Å². The molecule has 0 saturated carbocycles. The highest BCUT2D eigenvalue weighted by Crippen LogP contribution is 2.15. The van der Waals surface area contributed by atoms with Crippen molar-refractivity contribution in [2.24, 2.45) is 5.92 Å². The van der Waals surface area contributed by atoms with E-state index in [1.807, 2.05) is 0 Å². The van der Waals surface area contributed by atoms with E-state index in [9.17, 15) is 8.78 Å². The Labute approximate surface area is 109 Å². The van der Waals surface area contributed by atoms with Gasteiger partial charge < -0.3 is 5.32 Å². The van der Waals surface area contributed by atoms with E-state index in [0.29, 0.717) is 12.3 Å². The zero-order chi connectivity index (χ0) is 13.8. The summed E-state index contributed by atoms with van der Waals surface area (Å²) in [6, 6.07) is 3.75. The highest BCUT2D eigenvalue weighted by Gasteiger charge is 2.14. The second kappa shape index (κ2) is 6.28. The SMILES string of the molecule is CCC(CNC(C)(C)C)Cc1cc(F)cc(F)c1. The van der Waals surface area contributed by atoms with Crippen molar-refractivity contribution >= 4 is 0 Å². The van der Waals surface area contributed by atoms with Crippen LogP contribution in [0.15, 0.2) is 18.2 Å². The minimum Gasteiger partial charge on any atom is -0.312 e. The summed E-state index contributed by atoms with van der Waals surface area (Å²) in [5.74, 6) is -0.599. The molecule has 1 aromatic carbocycles. The Kier molecular flexibility index (Phi) is 5.27. The average molecular weight is 255 g/mol. The summed E-state index contributed by atoms with van der Waals surface area (Å²) < 4.78 is 26.2. The van der Waals surface area contributed by atoms with Crippen LogP contribution in [0, 0.1) is 17.6 Å². The summed E-state index contributed by atoms with van der Waals surface area (Å²) in [7, 11) is 0. The molecule has 0 bridgehead atoms. The topological polar surface area (TPSA) is 12.0 Å². The minimum atomic E-state index is -0.497. The maximum atomic E-state index is 13.1. The Hall–Kier alpha value is -0.960. The number of nitrogens with one attached hydrogen (secondary N) is 1. The van der Waals surface area contributed by atoms with Crippen molar-refractivity contribution < 1.29 is 8.78 Å². The van der Waals surface area contributed by atoms with E-state index in [1.54, 1.807) is 0 Å². The fourth-order valence-corrected chi connectivity index (χ4v) is 1.87. The van der Waals surface area contributed by atoms with Gasteiger partial charge in [-0.25, -0.2) is 8.78 Å². The quantitative estimate of drug-likeness (QED) is 0.841. The standard InChI is InChI=1S/C15H23F2N/c1-5-11(10-18-15(2,3)4)6-12-7-13(16)9-14(17)8-12/h7-9,11,18H,5-6,10H2,1-4H3. The molecule has 0 heterocycles. The molecule has 0 aromatic heterocycles. The lowest BCUT2D eigenvalue weighted by molar-refractivity contribution is 0.362. The van der Waals surface area contributed by atoms with Crippen molar-refractivity contribution in [2.45, 2.75) is 46.1 Å². The van der Waals surface area contributed by atoms with Gasteiger partial charge in [-0.15, -0.1) is 0 Å². The van der Waals surface area contributed by atoms with Crippen molar-refractivity contribution in [3.8, 4) is 0 Å². The molecule has 0 fully saturated rings. The van der Waals surface area contributed by atoms with Crippen LogP contribution in [-0.4, -0.2) is 12.1 Å². The molecule has 1 unspecified atom stereocenters. The van der Waals surface area contributed by atoms with Gasteiger partial charge in [0.1, 0.15) is 11.6 Å². The van der Waals surface area contributed by atoms with Crippen molar-refractivity contribution in [3.63, 3.8) is 0 Å². The second-order valence-electron chi connectivity index (χ2n) is 5.89. The van der Waals surface area contributed by atoms with Gasteiger partial charge in [0, 0.05) is 11.6 Å². The minimum absolute atomic E-state index is 0.0700. The molecule has 102 valence electrons. The Balaban J connectivity index is 2.62. The molecular formula is C15H23F2N. The molecule has 0 aliphatic heterocycles. The summed E-state index contributed by atoms with van der Waals surface area (Å²) in [5.41, 5.74) is 0.802. The van der Waals surface area contributed by atoms with E-state index in [4.69, 9.17) is 0 Å². The predicted molar refractivity (Wildman–Crippen MR) is 71.6 cm³/mol. The Morgan fingerprint density at radius 3 is 2.11 bits per heavy atom. The summed E-state index contributed by atoms with van der Waals surface area (Å²) in [6.07, 6.45) is 1.69. The average Bonchev–Trinajstić information content (AvgIpc) is 2.21. The molecule has 0 spiro atoms. The summed E-state index contributed by atoms with van der Waals surface area (Å²) >= 11 is 0. The molecular weight excluding hydrogens is 232 g/mol. The molecule has 1 rings (SSSR count). The van der Waals surface area contributed by atoms with Gasteiger partial charge >= 0.3 is 0 Å². The molecule has 0 saturated heterocycles. The van der Waals surface area contributed by atoms with Gasteiger partial charge in [-0.1, -0.05) is 13.3 Å². The van der Waals surface area contributed by atoms with Crippen LogP contribution in [0.25, 0.3) is 0 Å². The van der Waals surface area contributed by atoms with Gasteiger partial charge in [0.05, 0.1) is 0 Å². The lowest BCUT2D eigenvalue weighted by atomic mass is 9.95. The van der Waals surface area contributed by atoms with Crippen molar-refractivity contribution in [1.29, 1.82) is 0 Å². The highest BCUT2D eigenvalue weighted by atomic mass is 19.1. The largest absolute Gasteiger partial charge is 0.312 e. The zero-order valence-electron chi connectivity index (χ0n) is 11.7. The van der Waals surface area contributed by atoms with Crippen molar-refractivity contribution in [1.82, 2.24) is 5.32 Å². The molecule has 1 aromatic rings. The van der Waals surface area contributed by atoms with Gasteiger partial charge in [-0.3, -0.25) is 0 Å². The molecule has 0 radical (unpaired) electrons. The summed E-state index contributed by atoms with van der Waals surface area (Å²) in [5, 5.41) is 3.43. The van der Waals surface area contributed by atoms with Crippen LogP contribution in [0.1, 0.15) is 39.7 Å². The van der Waals surface area contributed by atoms with Gasteiger partial charge in [-0.2, -0.15) is 0 Å². The zero-order valence-corrected chi connectivity index (χ0v) is 11.7. The number of rotatable bonds is 5. The summed E-state index contributed by atoms with van der Waals surface area (Å²) in [6.45, 7) is 9.30. The van der Waals surface area contributed by atoms with Gasteiger partial charge in [0.25, 0.3) is 0 Å². The molecule has 1 atom stereocenters. The fourth-order valence-electron chi connectivity index (χ4n) is 1.87. The lowest BCUT2D eigenvalue weighted by Crippen LogP contribution is -2.39. The maximum absolute atomic E-state index is 13.1. The van der Waals surface area contributed by atoms with Gasteiger partial charge in [-0.05, 0) is 57.4 Å². The van der Waals surface area contributed by atoms with E-state index in [0.717, 1.165) is 24.6 Å². The lowest BCUT2D eigenvalue weighted by Gasteiger charge is -2.24. The van der Waals surface area contributed by atoms with Gasteiger partial charge in [0.2, 0.25) is 0 Å². The fraction of sp³-hybridized carbons (Fsp3) is 0.600. The van der Waals surface area contributed by atoms with E-state index >= 15 is 0 Å². The third-order valence-electron chi connectivity index (χ3n) is 2.95. The first kappa shape index (κ1) is 15.1. The Morgan fingerprint density at radius 1 is 1.11 bits per heavy atom. The van der Waals surface area contributed by atoms with E-state index < -0.39 is 11.6 Å². The second-order valence-corrected chi connectivity index (χ2v) is 5.89. The molecule has 0 aliphatic carbocycles. The first-order valence-electron chi connectivity index (χ1n) is 6.50. The molecule has 1 N–H and O–H groups in total. The van der Waals surface area contributed by atoms with E-state index in [2.05, 4.69) is 33.0 Å². The van der Waals surface area contributed by atoms with Crippen LogP contribution in [0.4, 0.5) is 8.78 Å². The van der Waals surface area contributed by atoms with Crippen LogP contribution in [0.3, 0.4) is 0 Å². The van der Waals surface area contributed by atoms with Crippen molar-refractivity contribution in [3.05, 3.63) is 35.4 Å². The molecule has 0 aliphatic rings. The molecule has 0 amide bonds. The predicted octanol–water partition coefficient (Wildman–Crippen LogP) is 3.92.